The number of nitrogens with one attached hydrogen (secondary N) is 1. The van der Waals surface area contributed by atoms with Crippen LogP contribution in [0.15, 0.2) is 69.9 Å². The number of alkyl halides is 1. The molecule has 1 N–H and O–H groups in total. The summed E-state index contributed by atoms with van der Waals surface area (Å²) in [6.07, 6.45) is 0. The van der Waals surface area contributed by atoms with Crippen molar-refractivity contribution in [2.45, 2.75) is 12.1 Å². The van der Waals surface area contributed by atoms with Gasteiger partial charge in [0.15, 0.2) is 5.76 Å². The van der Waals surface area contributed by atoms with Gasteiger partial charge in [-0.1, -0.05) is 83.3 Å². The van der Waals surface area contributed by atoms with Crippen LogP contribution < -0.4 is 11.1 Å². The summed E-state index contributed by atoms with van der Waals surface area (Å²) in [7, 11) is 0. The maximum absolute atomic E-state index is 12.7. The van der Waals surface area contributed by atoms with Gasteiger partial charge in [-0.3, -0.25) is 9.36 Å². The number of carbonyl (C=O) groups is 1. The van der Waals surface area contributed by atoms with Gasteiger partial charge in [-0.15, -0.1) is 0 Å². The topological polar surface area (TPSA) is 64.2 Å². The number of hydrogen-bond donors (Lipinski definition) is 1. The molecule has 0 aliphatic carbocycles. The average Bonchev–Trinajstić information content (AvgIpc) is 2.98. The summed E-state index contributed by atoms with van der Waals surface area (Å²) in [5, 5.41) is 2.85. The SMILES string of the molecule is O=C1NC(CI)C1n1c(-c2ccccc2)c(-c2ccccc2)oc1=O. The molecular weight excluding hydrogens is 431 g/mol. The van der Waals surface area contributed by atoms with Crippen LogP contribution in [0.2, 0.25) is 0 Å². The van der Waals surface area contributed by atoms with Gasteiger partial charge in [-0.25, -0.2) is 4.79 Å². The Labute approximate surface area is 157 Å². The second-order valence-corrected chi connectivity index (χ2v) is 6.74. The van der Waals surface area contributed by atoms with E-state index in [-0.39, 0.29) is 11.9 Å². The van der Waals surface area contributed by atoms with E-state index in [9.17, 15) is 9.59 Å². The van der Waals surface area contributed by atoms with E-state index >= 15 is 0 Å². The predicted molar refractivity (Wildman–Crippen MR) is 104 cm³/mol. The molecule has 1 saturated heterocycles. The number of nitrogens with zero attached hydrogens (tertiary/aromatic N) is 1. The van der Waals surface area contributed by atoms with Crippen molar-refractivity contribution in [2.24, 2.45) is 0 Å². The first-order valence-corrected chi connectivity index (χ1v) is 9.46. The Hall–Kier alpha value is -2.35. The molecule has 0 radical (unpaired) electrons. The van der Waals surface area contributed by atoms with Gasteiger partial charge in [0.25, 0.3) is 0 Å². The van der Waals surface area contributed by atoms with Gasteiger partial charge in [0.2, 0.25) is 5.91 Å². The summed E-state index contributed by atoms with van der Waals surface area (Å²) in [5.41, 5.74) is 2.30. The van der Waals surface area contributed by atoms with Crippen molar-refractivity contribution >= 4 is 28.5 Å². The predicted octanol–water partition coefficient (Wildman–Crippen LogP) is 3.25. The molecule has 0 spiro atoms. The van der Waals surface area contributed by atoms with E-state index in [4.69, 9.17) is 4.42 Å². The van der Waals surface area contributed by atoms with Crippen LogP contribution in [-0.4, -0.2) is 20.9 Å². The van der Waals surface area contributed by atoms with Crippen LogP contribution in [0.5, 0.6) is 0 Å². The Bertz CT molecular complexity index is 963. The van der Waals surface area contributed by atoms with Crippen LogP contribution in [0, 0.1) is 0 Å². The minimum Gasteiger partial charge on any atom is -0.407 e. The molecule has 1 aliphatic heterocycles. The summed E-state index contributed by atoms with van der Waals surface area (Å²) in [4.78, 5) is 24.8. The van der Waals surface area contributed by atoms with Gasteiger partial charge in [-0.05, 0) is 0 Å². The zero-order chi connectivity index (χ0) is 17.4. The summed E-state index contributed by atoms with van der Waals surface area (Å²) in [6, 6.07) is 18.4. The van der Waals surface area contributed by atoms with Crippen molar-refractivity contribution in [2.75, 3.05) is 4.43 Å². The van der Waals surface area contributed by atoms with Crippen LogP contribution in [0.25, 0.3) is 22.6 Å². The van der Waals surface area contributed by atoms with Crippen molar-refractivity contribution in [1.82, 2.24) is 9.88 Å². The lowest BCUT2D eigenvalue weighted by molar-refractivity contribution is -0.133. The third-order valence-electron chi connectivity index (χ3n) is 4.35. The highest BCUT2D eigenvalue weighted by atomic mass is 127. The van der Waals surface area contributed by atoms with Gasteiger partial charge in [-0.2, -0.15) is 0 Å². The lowest BCUT2D eigenvalue weighted by Gasteiger charge is -2.36. The molecule has 2 aromatic carbocycles. The first-order valence-electron chi connectivity index (χ1n) is 7.93. The Morgan fingerprint density at radius 3 is 2.12 bits per heavy atom. The van der Waals surface area contributed by atoms with Gasteiger partial charge in [0.05, 0.1) is 11.7 Å². The van der Waals surface area contributed by atoms with E-state index in [2.05, 4.69) is 27.9 Å². The van der Waals surface area contributed by atoms with Crippen LogP contribution in [-0.2, 0) is 4.79 Å². The molecule has 0 saturated carbocycles. The van der Waals surface area contributed by atoms with E-state index in [0.717, 1.165) is 15.6 Å². The van der Waals surface area contributed by atoms with E-state index in [1.807, 2.05) is 60.7 Å². The summed E-state index contributed by atoms with van der Waals surface area (Å²) in [5.74, 6) is -0.169. The van der Waals surface area contributed by atoms with E-state index in [1.54, 1.807) is 0 Å². The molecule has 2 atom stereocenters. The number of hydrogen-bond acceptors (Lipinski definition) is 3. The summed E-state index contributed by atoms with van der Waals surface area (Å²) < 4.78 is 7.83. The zero-order valence-corrected chi connectivity index (χ0v) is 15.3. The lowest BCUT2D eigenvalue weighted by atomic mass is 9.98. The highest BCUT2D eigenvalue weighted by Gasteiger charge is 2.43. The Kier molecular flexibility index (Phi) is 4.20. The molecule has 1 fully saturated rings. The van der Waals surface area contributed by atoms with Crippen LogP contribution in [0.3, 0.4) is 0 Å². The fraction of sp³-hybridized carbons (Fsp3) is 0.158. The minimum atomic E-state index is -0.541. The molecule has 0 bridgehead atoms. The number of amides is 1. The second-order valence-electron chi connectivity index (χ2n) is 5.86. The molecule has 126 valence electrons. The third kappa shape index (κ3) is 2.70. The number of carbonyl (C=O) groups excluding carboxylic acids is 1. The molecule has 2 heterocycles. The van der Waals surface area contributed by atoms with Crippen molar-refractivity contribution in [3.63, 3.8) is 0 Å². The summed E-state index contributed by atoms with van der Waals surface area (Å²) in [6.45, 7) is 0. The molecule has 2 unspecified atom stereocenters. The third-order valence-corrected chi connectivity index (χ3v) is 5.30. The van der Waals surface area contributed by atoms with Gasteiger partial charge >= 0.3 is 5.76 Å². The molecule has 1 aromatic heterocycles. The zero-order valence-electron chi connectivity index (χ0n) is 13.2. The first kappa shape index (κ1) is 16.1. The molecule has 5 nitrogen and oxygen atoms in total. The molecule has 1 amide bonds. The normalized spacial score (nSPS) is 19.3. The molecular formula is C19H15IN2O3. The van der Waals surface area contributed by atoms with E-state index < -0.39 is 11.8 Å². The maximum Gasteiger partial charge on any atom is 0.420 e. The van der Waals surface area contributed by atoms with Gasteiger partial charge in [0.1, 0.15) is 6.04 Å². The highest BCUT2D eigenvalue weighted by molar-refractivity contribution is 14.1. The van der Waals surface area contributed by atoms with Crippen LogP contribution in [0.1, 0.15) is 6.04 Å². The Morgan fingerprint density at radius 2 is 1.56 bits per heavy atom. The van der Waals surface area contributed by atoms with Gasteiger partial charge in [0, 0.05) is 15.6 Å². The average molecular weight is 446 g/mol. The maximum atomic E-state index is 12.7. The number of rotatable bonds is 4. The molecule has 4 rings (SSSR count). The number of aromatic nitrogens is 1. The van der Waals surface area contributed by atoms with Crippen molar-refractivity contribution in [1.29, 1.82) is 0 Å². The van der Waals surface area contributed by atoms with Crippen molar-refractivity contribution in [3.05, 3.63) is 71.2 Å². The largest absolute Gasteiger partial charge is 0.420 e. The first-order chi connectivity index (χ1) is 12.2. The van der Waals surface area contributed by atoms with Crippen LogP contribution >= 0.6 is 22.6 Å². The number of oxazole rings is 1. The van der Waals surface area contributed by atoms with Crippen LogP contribution in [0.4, 0.5) is 0 Å². The molecule has 6 heteroatoms. The monoisotopic (exact) mass is 446 g/mol. The Balaban J connectivity index is 1.97. The Morgan fingerprint density at radius 1 is 0.960 bits per heavy atom. The molecule has 25 heavy (non-hydrogen) atoms. The molecule has 1 aliphatic rings. The number of β-lactam (4-membered cyclic amide) rings is 1. The van der Waals surface area contributed by atoms with Gasteiger partial charge < -0.3 is 9.73 Å². The summed E-state index contributed by atoms with van der Waals surface area (Å²) >= 11 is 2.21. The lowest BCUT2D eigenvalue weighted by Crippen LogP contribution is -2.61. The van der Waals surface area contributed by atoms with E-state index in [1.165, 1.54) is 4.57 Å². The fourth-order valence-electron chi connectivity index (χ4n) is 3.14. The standard InChI is InChI=1S/C19H15IN2O3/c20-11-14-16(18(23)21-14)22-15(12-7-3-1-4-8-12)17(25-19(22)24)13-9-5-2-6-10-13/h1-10,14,16H,11H2,(H,21,23). The highest BCUT2D eigenvalue weighted by Crippen LogP contribution is 2.35. The van der Waals surface area contributed by atoms with Crippen molar-refractivity contribution in [3.8, 4) is 22.6 Å². The van der Waals surface area contributed by atoms with E-state index in [0.29, 0.717) is 11.5 Å². The minimum absolute atomic E-state index is 0.0746. The second kappa shape index (κ2) is 6.51. The molecule has 3 aromatic rings. The van der Waals surface area contributed by atoms with Crippen molar-refractivity contribution < 1.29 is 9.21 Å². The number of benzene rings is 2. The quantitative estimate of drug-likeness (QED) is 0.380. The fourth-order valence-corrected chi connectivity index (χ4v) is 3.85. The number of halogens is 1. The smallest absolute Gasteiger partial charge is 0.407 e.